The first kappa shape index (κ1) is 14.6. The van der Waals surface area contributed by atoms with Gasteiger partial charge in [-0.25, -0.2) is 0 Å². The van der Waals surface area contributed by atoms with Gasteiger partial charge in [0.25, 0.3) is 5.91 Å². The molecular formula is C14H16N2O3S. The molecule has 1 saturated heterocycles. The average molecular weight is 292 g/mol. The van der Waals surface area contributed by atoms with E-state index in [1.165, 1.54) is 11.3 Å². The first-order valence-electron chi connectivity index (χ1n) is 6.24. The molecule has 1 aromatic heterocycles. The predicted octanol–water partition coefficient (Wildman–Crippen LogP) is 0.429. The van der Waals surface area contributed by atoms with Gasteiger partial charge in [-0.3, -0.25) is 9.59 Å². The quantitative estimate of drug-likeness (QED) is 0.775. The highest BCUT2D eigenvalue weighted by Crippen LogP contribution is 2.31. The average Bonchev–Trinajstić information content (AvgIpc) is 3.03. The fraction of sp³-hybridized carbons (Fsp3) is 0.429. The number of hydrogen-bond donors (Lipinski definition) is 2. The van der Waals surface area contributed by atoms with Gasteiger partial charge in [0.15, 0.2) is 0 Å². The molecule has 2 heterocycles. The minimum Gasteiger partial charge on any atom is -0.384 e. The normalized spacial score (nSPS) is 21.4. The van der Waals surface area contributed by atoms with Crippen molar-refractivity contribution in [1.29, 1.82) is 0 Å². The van der Waals surface area contributed by atoms with Crippen molar-refractivity contribution in [3.63, 3.8) is 0 Å². The Hall–Kier alpha value is -1.84. The third-order valence-electron chi connectivity index (χ3n) is 3.52. The van der Waals surface area contributed by atoms with Gasteiger partial charge in [-0.2, -0.15) is 0 Å². The van der Waals surface area contributed by atoms with E-state index in [2.05, 4.69) is 11.8 Å². The van der Waals surface area contributed by atoms with Crippen molar-refractivity contribution in [1.82, 2.24) is 4.90 Å². The largest absolute Gasteiger partial charge is 0.384 e. The number of thiophene rings is 1. The molecule has 3 N–H and O–H groups in total. The molecule has 1 aliphatic rings. The fourth-order valence-electron chi connectivity index (χ4n) is 2.19. The number of hydrogen-bond acceptors (Lipinski definition) is 4. The molecule has 1 aliphatic heterocycles. The van der Waals surface area contributed by atoms with E-state index in [1.54, 1.807) is 23.3 Å². The molecule has 6 heteroatoms. The highest BCUT2D eigenvalue weighted by molar-refractivity contribution is 7.12. The Labute approximate surface area is 121 Å². The number of nitrogens with zero attached hydrogens (tertiary/aromatic N) is 1. The van der Waals surface area contributed by atoms with Crippen LogP contribution in [0.25, 0.3) is 0 Å². The van der Waals surface area contributed by atoms with Crippen molar-refractivity contribution in [3.05, 3.63) is 21.9 Å². The molecule has 0 bridgehead atoms. The molecular weight excluding hydrogens is 276 g/mol. The summed E-state index contributed by atoms with van der Waals surface area (Å²) in [6.45, 7) is 2.39. The second kappa shape index (κ2) is 5.65. The van der Waals surface area contributed by atoms with Gasteiger partial charge in [-0.15, -0.1) is 11.3 Å². The van der Waals surface area contributed by atoms with Crippen molar-refractivity contribution in [2.24, 2.45) is 11.1 Å². The van der Waals surface area contributed by atoms with E-state index in [0.29, 0.717) is 30.0 Å². The zero-order valence-electron chi connectivity index (χ0n) is 11.2. The lowest BCUT2D eigenvalue weighted by atomic mass is 9.89. The van der Waals surface area contributed by atoms with Crippen LogP contribution >= 0.6 is 11.3 Å². The summed E-state index contributed by atoms with van der Waals surface area (Å²) >= 11 is 1.31. The number of carbonyl (C=O) groups is 2. The molecule has 106 valence electrons. The molecule has 0 spiro atoms. The van der Waals surface area contributed by atoms with Gasteiger partial charge in [0, 0.05) is 18.7 Å². The van der Waals surface area contributed by atoms with Crippen molar-refractivity contribution in [3.8, 4) is 11.8 Å². The van der Waals surface area contributed by atoms with E-state index in [4.69, 9.17) is 10.8 Å². The number of nitrogens with two attached hydrogens (primary N) is 1. The molecule has 1 unspecified atom stereocenters. The van der Waals surface area contributed by atoms with Crippen molar-refractivity contribution < 1.29 is 14.7 Å². The van der Waals surface area contributed by atoms with Gasteiger partial charge < -0.3 is 15.7 Å². The Morgan fingerprint density at radius 3 is 2.95 bits per heavy atom. The van der Waals surface area contributed by atoms with Gasteiger partial charge in [0.05, 0.1) is 5.41 Å². The number of primary amides is 1. The lowest BCUT2D eigenvalue weighted by Crippen LogP contribution is -2.38. The number of aliphatic hydroxyl groups excluding tert-OH is 1. The smallest absolute Gasteiger partial charge is 0.265 e. The third kappa shape index (κ3) is 2.69. The maximum Gasteiger partial charge on any atom is 0.265 e. The van der Waals surface area contributed by atoms with E-state index < -0.39 is 5.41 Å². The summed E-state index contributed by atoms with van der Waals surface area (Å²) in [5, 5.41) is 10.5. The summed E-state index contributed by atoms with van der Waals surface area (Å²) in [6.07, 6.45) is 0.580. The van der Waals surface area contributed by atoms with Crippen LogP contribution in [0.5, 0.6) is 0 Å². The molecule has 20 heavy (non-hydrogen) atoms. The SMILES string of the molecule is CC1(C(N)=O)CCN(C(=O)c2sccc2C#CCO)C1. The van der Waals surface area contributed by atoms with Gasteiger partial charge >= 0.3 is 0 Å². The van der Waals surface area contributed by atoms with E-state index in [0.717, 1.165) is 0 Å². The lowest BCUT2D eigenvalue weighted by Gasteiger charge is -2.20. The van der Waals surface area contributed by atoms with Crippen LogP contribution in [0.2, 0.25) is 0 Å². The molecule has 0 aliphatic carbocycles. The van der Waals surface area contributed by atoms with E-state index >= 15 is 0 Å². The minimum absolute atomic E-state index is 0.132. The number of likely N-dealkylation sites (tertiary alicyclic amines) is 1. The fourth-order valence-corrected chi connectivity index (χ4v) is 3.00. The summed E-state index contributed by atoms with van der Waals surface area (Å²) in [6, 6.07) is 1.75. The predicted molar refractivity (Wildman–Crippen MR) is 76.1 cm³/mol. The Morgan fingerprint density at radius 2 is 2.35 bits per heavy atom. The summed E-state index contributed by atoms with van der Waals surface area (Å²) in [5.41, 5.74) is 5.35. The molecule has 0 radical (unpaired) electrons. The maximum absolute atomic E-state index is 12.5. The standard InChI is InChI=1S/C14H16N2O3S/c1-14(13(15)19)5-6-16(9-14)12(18)11-10(3-2-7-17)4-8-20-11/h4,8,17H,5-7,9H2,1H3,(H2,15,19). The zero-order chi connectivity index (χ0) is 14.8. The van der Waals surface area contributed by atoms with Crippen molar-refractivity contribution in [2.45, 2.75) is 13.3 Å². The Balaban J connectivity index is 2.18. The number of amides is 2. The molecule has 1 aromatic rings. The Kier molecular flexibility index (Phi) is 4.12. The zero-order valence-corrected chi connectivity index (χ0v) is 12.0. The van der Waals surface area contributed by atoms with Crippen LogP contribution < -0.4 is 5.73 Å². The number of carbonyl (C=O) groups excluding carboxylic acids is 2. The molecule has 0 aromatic carbocycles. The lowest BCUT2D eigenvalue weighted by molar-refractivity contribution is -0.126. The second-order valence-electron chi connectivity index (χ2n) is 5.02. The van der Waals surface area contributed by atoms with Crippen LogP contribution in [0.3, 0.4) is 0 Å². The van der Waals surface area contributed by atoms with Crippen molar-refractivity contribution >= 4 is 23.2 Å². The first-order valence-corrected chi connectivity index (χ1v) is 7.12. The first-order chi connectivity index (χ1) is 9.48. The van der Waals surface area contributed by atoms with Gasteiger partial charge in [-0.05, 0) is 24.8 Å². The van der Waals surface area contributed by atoms with Crippen LogP contribution in [0.4, 0.5) is 0 Å². The van der Waals surface area contributed by atoms with Crippen LogP contribution in [0.15, 0.2) is 11.4 Å². The van der Waals surface area contributed by atoms with E-state index in [-0.39, 0.29) is 18.4 Å². The van der Waals surface area contributed by atoms with E-state index in [9.17, 15) is 9.59 Å². The summed E-state index contributed by atoms with van der Waals surface area (Å²) in [5.74, 6) is 4.79. The maximum atomic E-state index is 12.5. The minimum atomic E-state index is -0.649. The number of rotatable bonds is 2. The number of aliphatic hydroxyl groups is 1. The van der Waals surface area contributed by atoms with Gasteiger partial charge in [0.2, 0.25) is 5.91 Å². The highest BCUT2D eigenvalue weighted by atomic mass is 32.1. The topological polar surface area (TPSA) is 83.6 Å². The molecule has 1 fully saturated rings. The summed E-state index contributed by atoms with van der Waals surface area (Å²) in [4.78, 5) is 26.1. The second-order valence-corrected chi connectivity index (χ2v) is 5.94. The highest BCUT2D eigenvalue weighted by Gasteiger charge is 2.41. The van der Waals surface area contributed by atoms with Crippen molar-refractivity contribution in [2.75, 3.05) is 19.7 Å². The third-order valence-corrected chi connectivity index (χ3v) is 4.42. The molecule has 5 nitrogen and oxygen atoms in total. The molecule has 2 amide bonds. The Bertz CT molecular complexity index is 599. The van der Waals surface area contributed by atoms with Crippen LogP contribution in [0, 0.1) is 17.3 Å². The van der Waals surface area contributed by atoms with Gasteiger partial charge in [-0.1, -0.05) is 11.8 Å². The molecule has 2 rings (SSSR count). The summed E-state index contributed by atoms with van der Waals surface area (Å²) in [7, 11) is 0. The van der Waals surface area contributed by atoms with Gasteiger partial charge in [0.1, 0.15) is 11.5 Å². The van der Waals surface area contributed by atoms with Crippen LogP contribution in [-0.4, -0.2) is 41.5 Å². The monoisotopic (exact) mass is 292 g/mol. The summed E-state index contributed by atoms with van der Waals surface area (Å²) < 4.78 is 0. The molecule has 0 saturated carbocycles. The van der Waals surface area contributed by atoms with E-state index in [1.807, 2.05) is 0 Å². The Morgan fingerprint density at radius 1 is 1.60 bits per heavy atom. The molecule has 1 atom stereocenters. The van der Waals surface area contributed by atoms with Crippen LogP contribution in [0.1, 0.15) is 28.6 Å². The van der Waals surface area contributed by atoms with Crippen LogP contribution in [-0.2, 0) is 4.79 Å².